The first kappa shape index (κ1) is 13.8. The molecule has 2 N–H and O–H groups in total. The summed E-state index contributed by atoms with van der Waals surface area (Å²) in [5.41, 5.74) is 5.57. The zero-order chi connectivity index (χ0) is 12.0. The summed E-state index contributed by atoms with van der Waals surface area (Å²) in [5, 5.41) is 0. The highest BCUT2D eigenvalue weighted by Gasteiger charge is 2.21. The van der Waals surface area contributed by atoms with Crippen molar-refractivity contribution < 1.29 is 4.74 Å². The lowest BCUT2D eigenvalue weighted by molar-refractivity contribution is -0.0395. The number of hydrogen-bond acceptors (Lipinski definition) is 4. The zero-order valence-corrected chi connectivity index (χ0v) is 11.1. The number of rotatable bonds is 6. The lowest BCUT2D eigenvalue weighted by atomic mass is 10.2. The van der Waals surface area contributed by atoms with Crippen LogP contribution in [0.5, 0.6) is 0 Å². The van der Waals surface area contributed by atoms with Gasteiger partial charge in [0.15, 0.2) is 0 Å². The Morgan fingerprint density at radius 2 is 2.31 bits per heavy atom. The molecule has 1 aliphatic rings. The Kier molecular flexibility index (Phi) is 6.20. The van der Waals surface area contributed by atoms with Gasteiger partial charge in [0.1, 0.15) is 0 Å². The largest absolute Gasteiger partial charge is 0.392 e. The Hall–Kier alpha value is -0.230. The zero-order valence-electron chi connectivity index (χ0n) is 10.3. The van der Waals surface area contributed by atoms with E-state index >= 15 is 0 Å². The van der Waals surface area contributed by atoms with Crippen LogP contribution in [0.25, 0.3) is 0 Å². The van der Waals surface area contributed by atoms with Gasteiger partial charge in [-0.2, -0.15) is 0 Å². The SMILES string of the molecule is CCN1CCOC(CN(CC)CC(N)=S)C1. The fourth-order valence-electron chi connectivity index (χ4n) is 1.99. The predicted molar refractivity (Wildman–Crippen MR) is 70.8 cm³/mol. The molecule has 1 aliphatic heterocycles. The normalized spacial score (nSPS) is 22.6. The van der Waals surface area contributed by atoms with Crippen molar-refractivity contribution >= 4 is 17.2 Å². The Bertz CT molecular complexity index is 225. The van der Waals surface area contributed by atoms with E-state index in [9.17, 15) is 0 Å². The highest BCUT2D eigenvalue weighted by molar-refractivity contribution is 7.80. The summed E-state index contributed by atoms with van der Waals surface area (Å²) >= 11 is 4.94. The van der Waals surface area contributed by atoms with Crippen LogP contribution in [0.4, 0.5) is 0 Å². The molecule has 5 heteroatoms. The van der Waals surface area contributed by atoms with E-state index in [0.29, 0.717) is 17.6 Å². The van der Waals surface area contributed by atoms with Crippen molar-refractivity contribution in [3.63, 3.8) is 0 Å². The second-order valence-electron chi connectivity index (χ2n) is 4.18. The van der Waals surface area contributed by atoms with Crippen molar-refractivity contribution in [2.45, 2.75) is 20.0 Å². The minimum Gasteiger partial charge on any atom is -0.392 e. The number of nitrogens with two attached hydrogens (primary N) is 1. The van der Waals surface area contributed by atoms with Crippen molar-refractivity contribution in [1.29, 1.82) is 0 Å². The molecule has 1 rings (SSSR count). The van der Waals surface area contributed by atoms with Crippen LogP contribution in [0.3, 0.4) is 0 Å². The van der Waals surface area contributed by atoms with Crippen molar-refractivity contribution in [1.82, 2.24) is 9.80 Å². The third-order valence-electron chi connectivity index (χ3n) is 2.96. The molecular weight excluding hydrogens is 222 g/mol. The molecule has 0 amide bonds. The van der Waals surface area contributed by atoms with Gasteiger partial charge in [0.05, 0.1) is 17.7 Å². The van der Waals surface area contributed by atoms with E-state index in [4.69, 9.17) is 22.7 Å². The first-order valence-electron chi connectivity index (χ1n) is 6.00. The molecule has 94 valence electrons. The van der Waals surface area contributed by atoms with Crippen molar-refractivity contribution in [3.8, 4) is 0 Å². The average Bonchev–Trinajstić information content (AvgIpc) is 2.28. The Balaban J connectivity index is 2.35. The number of likely N-dealkylation sites (N-methyl/N-ethyl adjacent to an activating group) is 2. The van der Waals surface area contributed by atoms with E-state index in [1.54, 1.807) is 0 Å². The quantitative estimate of drug-likeness (QED) is 0.682. The average molecular weight is 245 g/mol. The maximum absolute atomic E-state index is 5.76. The van der Waals surface area contributed by atoms with E-state index in [0.717, 1.165) is 39.3 Å². The third kappa shape index (κ3) is 4.74. The maximum Gasteiger partial charge on any atom is 0.0870 e. The lowest BCUT2D eigenvalue weighted by Crippen LogP contribution is -2.48. The molecular formula is C11H23N3OS. The molecule has 0 saturated carbocycles. The van der Waals surface area contributed by atoms with Gasteiger partial charge >= 0.3 is 0 Å². The monoisotopic (exact) mass is 245 g/mol. The molecule has 16 heavy (non-hydrogen) atoms. The molecule has 1 fully saturated rings. The summed E-state index contributed by atoms with van der Waals surface area (Å²) in [6.45, 7) is 10.9. The number of nitrogens with zero attached hydrogens (tertiary/aromatic N) is 2. The highest BCUT2D eigenvalue weighted by atomic mass is 32.1. The van der Waals surface area contributed by atoms with E-state index in [2.05, 4.69) is 23.6 Å². The second-order valence-corrected chi connectivity index (χ2v) is 4.70. The molecule has 1 atom stereocenters. The highest BCUT2D eigenvalue weighted by Crippen LogP contribution is 2.06. The molecule has 0 aromatic carbocycles. The van der Waals surface area contributed by atoms with Gasteiger partial charge in [-0.25, -0.2) is 0 Å². The van der Waals surface area contributed by atoms with Gasteiger partial charge in [0.2, 0.25) is 0 Å². The summed E-state index contributed by atoms with van der Waals surface area (Å²) in [6, 6.07) is 0. The lowest BCUT2D eigenvalue weighted by Gasteiger charge is -2.34. The minimum absolute atomic E-state index is 0.294. The maximum atomic E-state index is 5.76. The predicted octanol–water partition coefficient (Wildman–Crippen LogP) is 0.315. The Labute approximate surface area is 104 Å². The molecule has 0 radical (unpaired) electrons. The van der Waals surface area contributed by atoms with Crippen LogP contribution in [-0.2, 0) is 4.74 Å². The summed E-state index contributed by atoms with van der Waals surface area (Å²) in [4.78, 5) is 5.22. The van der Waals surface area contributed by atoms with Gasteiger partial charge < -0.3 is 10.5 Å². The van der Waals surface area contributed by atoms with Crippen molar-refractivity contribution in [3.05, 3.63) is 0 Å². The molecule has 1 unspecified atom stereocenters. The van der Waals surface area contributed by atoms with Crippen molar-refractivity contribution in [2.24, 2.45) is 5.73 Å². The summed E-state index contributed by atoms with van der Waals surface area (Å²) in [7, 11) is 0. The van der Waals surface area contributed by atoms with Crippen LogP contribution in [0, 0.1) is 0 Å². The van der Waals surface area contributed by atoms with Crippen LogP contribution < -0.4 is 5.73 Å². The number of hydrogen-bond donors (Lipinski definition) is 1. The van der Waals surface area contributed by atoms with Gasteiger partial charge in [-0.1, -0.05) is 26.1 Å². The minimum atomic E-state index is 0.294. The Morgan fingerprint density at radius 1 is 1.56 bits per heavy atom. The first-order valence-corrected chi connectivity index (χ1v) is 6.41. The molecule has 4 nitrogen and oxygen atoms in total. The van der Waals surface area contributed by atoms with Crippen LogP contribution in [-0.4, -0.2) is 66.8 Å². The van der Waals surface area contributed by atoms with Crippen molar-refractivity contribution in [2.75, 3.05) is 45.9 Å². The summed E-state index contributed by atoms with van der Waals surface area (Å²) in [5.74, 6) is 0. The van der Waals surface area contributed by atoms with Crippen LogP contribution in [0.2, 0.25) is 0 Å². The van der Waals surface area contributed by atoms with E-state index in [-0.39, 0.29) is 0 Å². The van der Waals surface area contributed by atoms with Crippen LogP contribution in [0.15, 0.2) is 0 Å². The smallest absolute Gasteiger partial charge is 0.0870 e. The van der Waals surface area contributed by atoms with Gasteiger partial charge in [0, 0.05) is 26.2 Å². The topological polar surface area (TPSA) is 41.7 Å². The molecule has 1 heterocycles. The van der Waals surface area contributed by atoms with Gasteiger partial charge in [-0.3, -0.25) is 9.80 Å². The van der Waals surface area contributed by atoms with Crippen LogP contribution >= 0.6 is 12.2 Å². The fourth-order valence-corrected chi connectivity index (χ4v) is 2.17. The van der Waals surface area contributed by atoms with E-state index in [1.165, 1.54) is 0 Å². The molecule has 1 saturated heterocycles. The molecule has 0 spiro atoms. The second kappa shape index (κ2) is 7.17. The Morgan fingerprint density at radius 3 is 2.88 bits per heavy atom. The molecule has 0 aliphatic carbocycles. The van der Waals surface area contributed by atoms with E-state index in [1.807, 2.05) is 0 Å². The molecule has 0 aromatic rings. The van der Waals surface area contributed by atoms with Gasteiger partial charge in [-0.15, -0.1) is 0 Å². The number of thiocarbonyl (C=S) groups is 1. The summed E-state index contributed by atoms with van der Waals surface area (Å²) < 4.78 is 5.76. The van der Waals surface area contributed by atoms with Gasteiger partial charge in [0.25, 0.3) is 0 Å². The van der Waals surface area contributed by atoms with Crippen LogP contribution in [0.1, 0.15) is 13.8 Å². The molecule has 0 aromatic heterocycles. The summed E-state index contributed by atoms with van der Waals surface area (Å²) in [6.07, 6.45) is 0.294. The van der Waals surface area contributed by atoms with Gasteiger partial charge in [-0.05, 0) is 13.1 Å². The standard InChI is InChI=1S/C11H23N3OS/c1-3-13-5-6-15-10(7-13)8-14(4-2)9-11(12)16/h10H,3-9H2,1-2H3,(H2,12,16). The number of ether oxygens (including phenoxy) is 1. The fraction of sp³-hybridized carbons (Fsp3) is 0.909. The molecule has 0 bridgehead atoms. The first-order chi connectivity index (χ1) is 7.65. The third-order valence-corrected chi connectivity index (χ3v) is 3.09. The number of morpholine rings is 1. The van der Waals surface area contributed by atoms with E-state index < -0.39 is 0 Å².